The van der Waals surface area contributed by atoms with Crippen molar-refractivity contribution in [1.29, 1.82) is 0 Å². The van der Waals surface area contributed by atoms with Crippen LogP contribution in [0.1, 0.15) is 50.0 Å². The molecule has 0 atom stereocenters. The van der Waals surface area contributed by atoms with Crippen LogP contribution in [0.3, 0.4) is 0 Å². The van der Waals surface area contributed by atoms with Crippen molar-refractivity contribution in [2.24, 2.45) is 0 Å². The molecule has 2 rings (SSSR count). The van der Waals surface area contributed by atoms with Crippen LogP contribution in [0.4, 0.5) is 0 Å². The van der Waals surface area contributed by atoms with E-state index < -0.39 is 0 Å². The van der Waals surface area contributed by atoms with Gasteiger partial charge in [0.25, 0.3) is 0 Å². The van der Waals surface area contributed by atoms with E-state index in [2.05, 4.69) is 48.4 Å². The van der Waals surface area contributed by atoms with Gasteiger partial charge in [-0.05, 0) is 0 Å². The summed E-state index contributed by atoms with van der Waals surface area (Å²) in [6, 6.07) is 0. The predicted molar refractivity (Wildman–Crippen MR) is 77.2 cm³/mol. The monoisotopic (exact) mass is 279 g/mol. The molecule has 2 aromatic rings. The molecule has 2 heterocycles. The average Bonchev–Trinajstić information content (AvgIpc) is 2.96. The number of aromatic nitrogens is 2. The van der Waals surface area contributed by atoms with Gasteiger partial charge >= 0.3 is 0 Å². The van der Waals surface area contributed by atoms with Crippen LogP contribution in [0.15, 0.2) is 16.0 Å². The van der Waals surface area contributed by atoms with Crippen molar-refractivity contribution in [2.75, 3.05) is 0 Å². The highest BCUT2D eigenvalue weighted by atomic mass is 32.1. The predicted octanol–water partition coefficient (Wildman–Crippen LogP) is 3.28. The minimum absolute atomic E-state index is 0.118. The van der Waals surface area contributed by atoms with Crippen molar-refractivity contribution in [1.82, 2.24) is 15.3 Å². The van der Waals surface area contributed by atoms with E-state index in [9.17, 15) is 0 Å². The zero-order chi connectivity index (χ0) is 13.9. The van der Waals surface area contributed by atoms with Gasteiger partial charge in [-0.1, -0.05) is 27.7 Å². The van der Waals surface area contributed by atoms with Gasteiger partial charge in [-0.15, -0.1) is 11.3 Å². The molecule has 19 heavy (non-hydrogen) atoms. The van der Waals surface area contributed by atoms with Crippen LogP contribution >= 0.6 is 11.3 Å². The van der Waals surface area contributed by atoms with Gasteiger partial charge < -0.3 is 9.73 Å². The summed E-state index contributed by atoms with van der Waals surface area (Å²) in [7, 11) is 0. The standard InChI is InChI=1S/C14H21N3OS/c1-5-10-6-16-12(18-10)7-15-8-13-17-11(9-19-13)14(2,3)4/h6,9,15H,5,7-8H2,1-4H3. The minimum Gasteiger partial charge on any atom is -0.444 e. The summed E-state index contributed by atoms with van der Waals surface area (Å²) in [6.07, 6.45) is 2.67. The second-order valence-corrected chi connectivity index (χ2v) is 6.50. The average molecular weight is 279 g/mol. The van der Waals surface area contributed by atoms with Crippen molar-refractivity contribution in [3.63, 3.8) is 0 Å². The zero-order valence-electron chi connectivity index (χ0n) is 12.0. The van der Waals surface area contributed by atoms with Crippen molar-refractivity contribution in [3.05, 3.63) is 33.9 Å². The first kappa shape index (κ1) is 14.2. The van der Waals surface area contributed by atoms with E-state index in [0.29, 0.717) is 6.54 Å². The maximum atomic E-state index is 5.54. The lowest BCUT2D eigenvalue weighted by Crippen LogP contribution is -2.14. The van der Waals surface area contributed by atoms with Gasteiger partial charge in [0.05, 0.1) is 18.4 Å². The highest BCUT2D eigenvalue weighted by molar-refractivity contribution is 7.09. The van der Waals surface area contributed by atoms with Crippen LogP contribution in [0, 0.1) is 0 Å². The summed E-state index contributed by atoms with van der Waals surface area (Å²) < 4.78 is 5.54. The zero-order valence-corrected chi connectivity index (χ0v) is 12.8. The maximum absolute atomic E-state index is 5.54. The Hall–Kier alpha value is -1.20. The molecular formula is C14H21N3OS. The molecule has 0 fully saturated rings. The minimum atomic E-state index is 0.118. The molecule has 0 saturated carbocycles. The Morgan fingerprint density at radius 1 is 1.32 bits per heavy atom. The molecule has 0 aliphatic heterocycles. The van der Waals surface area contributed by atoms with Crippen LogP contribution in [0.2, 0.25) is 0 Å². The van der Waals surface area contributed by atoms with Gasteiger partial charge in [0.1, 0.15) is 10.8 Å². The largest absolute Gasteiger partial charge is 0.444 e. The van der Waals surface area contributed by atoms with E-state index in [1.54, 1.807) is 17.5 Å². The van der Waals surface area contributed by atoms with Crippen LogP contribution in [0.5, 0.6) is 0 Å². The molecular weight excluding hydrogens is 258 g/mol. The number of hydrogen-bond donors (Lipinski definition) is 1. The van der Waals surface area contributed by atoms with Crippen LogP contribution in [0.25, 0.3) is 0 Å². The van der Waals surface area contributed by atoms with E-state index in [1.807, 2.05) is 0 Å². The Morgan fingerprint density at radius 2 is 2.11 bits per heavy atom. The van der Waals surface area contributed by atoms with Gasteiger partial charge in [0.15, 0.2) is 0 Å². The molecule has 0 spiro atoms. The first-order valence-corrected chi connectivity index (χ1v) is 7.46. The third-order valence-electron chi connectivity index (χ3n) is 2.82. The van der Waals surface area contributed by atoms with E-state index in [4.69, 9.17) is 4.42 Å². The molecule has 0 unspecified atom stereocenters. The fourth-order valence-electron chi connectivity index (χ4n) is 1.61. The molecule has 5 heteroatoms. The Morgan fingerprint density at radius 3 is 2.68 bits per heavy atom. The summed E-state index contributed by atoms with van der Waals surface area (Å²) in [5, 5.41) is 6.55. The summed E-state index contributed by atoms with van der Waals surface area (Å²) in [6.45, 7) is 9.99. The molecule has 0 bridgehead atoms. The topological polar surface area (TPSA) is 51.0 Å². The van der Waals surface area contributed by atoms with Crippen molar-refractivity contribution < 1.29 is 4.42 Å². The van der Waals surface area contributed by atoms with E-state index in [-0.39, 0.29) is 5.41 Å². The molecule has 2 aromatic heterocycles. The number of nitrogens with one attached hydrogen (secondary N) is 1. The smallest absolute Gasteiger partial charge is 0.208 e. The molecule has 104 valence electrons. The maximum Gasteiger partial charge on any atom is 0.208 e. The molecule has 0 aliphatic carbocycles. The lowest BCUT2D eigenvalue weighted by Gasteiger charge is -2.14. The molecule has 0 saturated heterocycles. The lowest BCUT2D eigenvalue weighted by molar-refractivity contribution is 0.438. The van der Waals surface area contributed by atoms with Crippen molar-refractivity contribution in [2.45, 2.75) is 52.6 Å². The van der Waals surface area contributed by atoms with Crippen LogP contribution in [-0.4, -0.2) is 9.97 Å². The summed E-state index contributed by atoms with van der Waals surface area (Å²) in [4.78, 5) is 8.86. The van der Waals surface area contributed by atoms with Gasteiger partial charge in [0.2, 0.25) is 5.89 Å². The molecule has 1 N–H and O–H groups in total. The van der Waals surface area contributed by atoms with Gasteiger partial charge in [-0.3, -0.25) is 0 Å². The highest BCUT2D eigenvalue weighted by Crippen LogP contribution is 2.23. The SMILES string of the molecule is CCc1cnc(CNCc2nc(C(C)(C)C)cs2)o1. The molecule has 0 radical (unpaired) electrons. The molecule has 0 aliphatic rings. The third kappa shape index (κ3) is 3.88. The second-order valence-electron chi connectivity index (χ2n) is 5.55. The highest BCUT2D eigenvalue weighted by Gasteiger charge is 2.17. The van der Waals surface area contributed by atoms with Crippen molar-refractivity contribution >= 4 is 11.3 Å². The number of thiazole rings is 1. The summed E-state index contributed by atoms with van der Waals surface area (Å²) >= 11 is 1.70. The summed E-state index contributed by atoms with van der Waals surface area (Å²) in [5.41, 5.74) is 1.27. The van der Waals surface area contributed by atoms with Gasteiger partial charge in [0, 0.05) is 23.8 Å². The van der Waals surface area contributed by atoms with Crippen molar-refractivity contribution in [3.8, 4) is 0 Å². The fourth-order valence-corrected chi connectivity index (χ4v) is 2.60. The number of rotatable bonds is 5. The van der Waals surface area contributed by atoms with Gasteiger partial charge in [-0.2, -0.15) is 0 Å². The first-order chi connectivity index (χ1) is 8.99. The fraction of sp³-hybridized carbons (Fsp3) is 0.571. The Labute approximate surface area is 118 Å². The normalized spacial score (nSPS) is 12.0. The second kappa shape index (κ2) is 5.84. The van der Waals surface area contributed by atoms with E-state index >= 15 is 0 Å². The summed E-state index contributed by atoms with van der Waals surface area (Å²) in [5.74, 6) is 1.67. The Kier molecular flexibility index (Phi) is 4.37. The Balaban J connectivity index is 1.84. The van der Waals surface area contributed by atoms with E-state index in [0.717, 1.165) is 35.3 Å². The first-order valence-electron chi connectivity index (χ1n) is 6.58. The number of hydrogen-bond acceptors (Lipinski definition) is 5. The molecule has 0 amide bonds. The number of oxazole rings is 1. The van der Waals surface area contributed by atoms with Crippen LogP contribution in [-0.2, 0) is 24.9 Å². The number of nitrogens with zero attached hydrogens (tertiary/aromatic N) is 2. The van der Waals surface area contributed by atoms with E-state index in [1.165, 1.54) is 0 Å². The van der Waals surface area contributed by atoms with Crippen LogP contribution < -0.4 is 5.32 Å². The molecule has 4 nitrogen and oxygen atoms in total. The third-order valence-corrected chi connectivity index (χ3v) is 3.67. The number of aryl methyl sites for hydroxylation is 1. The lowest BCUT2D eigenvalue weighted by atomic mass is 9.93. The molecule has 0 aromatic carbocycles. The van der Waals surface area contributed by atoms with Gasteiger partial charge in [-0.25, -0.2) is 9.97 Å². The Bertz CT molecular complexity index is 525. The quantitative estimate of drug-likeness (QED) is 0.912.